The monoisotopic (exact) mass is 448 g/mol. The summed E-state index contributed by atoms with van der Waals surface area (Å²) in [4.78, 5) is 20.4. The molecule has 176 valence electrons. The number of piperazine rings is 1. The molecule has 1 fully saturated rings. The smallest absolute Gasteiger partial charge is 0.270 e. The van der Waals surface area contributed by atoms with Crippen molar-refractivity contribution >= 4 is 17.4 Å². The molecule has 1 heterocycles. The Morgan fingerprint density at radius 3 is 2.22 bits per heavy atom. The van der Waals surface area contributed by atoms with Gasteiger partial charge in [-0.3, -0.25) is 4.79 Å². The Bertz CT molecular complexity index is 819. The second-order valence-electron chi connectivity index (χ2n) is 7.07. The molecule has 0 saturated carbocycles. The van der Waals surface area contributed by atoms with Crippen LogP contribution in [0.2, 0.25) is 0 Å². The van der Waals surface area contributed by atoms with Crippen LogP contribution in [0.1, 0.15) is 32.8 Å². The van der Waals surface area contributed by atoms with Crippen LogP contribution < -0.4 is 5.32 Å². The van der Waals surface area contributed by atoms with Crippen molar-refractivity contribution in [3.8, 4) is 0 Å². The number of nitrogens with zero attached hydrogens (tertiary/aromatic N) is 3. The number of hydrogen-bond donors (Lipinski definition) is 2. The Kier molecular flexibility index (Phi) is 11.3. The molecule has 1 aromatic carbocycles. The van der Waals surface area contributed by atoms with E-state index in [-0.39, 0.29) is 11.5 Å². The SMILES string of the molecule is C=CC(=O)N1CCN(C(=N\C=C/C)/C(=C/CC)Nc2ccc(C(C)(F)F)cc2)CC1.CO. The van der Waals surface area contributed by atoms with Crippen molar-refractivity contribution < 1.29 is 18.7 Å². The molecule has 1 saturated heterocycles. The second kappa shape index (κ2) is 13.4. The molecule has 1 aromatic rings. The third kappa shape index (κ3) is 7.92. The van der Waals surface area contributed by atoms with Crippen LogP contribution in [0.5, 0.6) is 0 Å². The van der Waals surface area contributed by atoms with Gasteiger partial charge in [-0.1, -0.05) is 37.8 Å². The molecule has 1 aliphatic rings. The number of benzene rings is 1. The third-order valence-electron chi connectivity index (χ3n) is 4.73. The molecular formula is C24H34F2N4O2. The first kappa shape index (κ1) is 27.0. The lowest BCUT2D eigenvalue weighted by atomic mass is 10.1. The number of carbonyl (C=O) groups excluding carboxylic acids is 1. The number of carbonyl (C=O) groups is 1. The topological polar surface area (TPSA) is 68.2 Å². The van der Waals surface area contributed by atoms with Gasteiger partial charge in [-0.15, -0.1) is 0 Å². The van der Waals surface area contributed by atoms with Crippen molar-refractivity contribution in [1.82, 2.24) is 9.80 Å². The number of rotatable bonds is 7. The van der Waals surface area contributed by atoms with Gasteiger partial charge >= 0.3 is 0 Å². The molecular weight excluding hydrogens is 414 g/mol. The number of aliphatic hydroxyl groups is 1. The summed E-state index contributed by atoms with van der Waals surface area (Å²) >= 11 is 0. The molecule has 6 nitrogen and oxygen atoms in total. The number of allylic oxidation sites excluding steroid dienone is 2. The number of alkyl halides is 2. The molecule has 2 rings (SSSR count). The number of hydrogen-bond acceptors (Lipinski definition) is 4. The number of halogens is 2. The van der Waals surface area contributed by atoms with Gasteiger partial charge < -0.3 is 20.2 Å². The van der Waals surface area contributed by atoms with Crippen molar-refractivity contribution in [3.63, 3.8) is 0 Å². The molecule has 32 heavy (non-hydrogen) atoms. The summed E-state index contributed by atoms with van der Waals surface area (Å²) in [5, 5.41) is 10.3. The van der Waals surface area contributed by atoms with Gasteiger partial charge in [-0.05, 0) is 31.6 Å². The maximum Gasteiger partial charge on any atom is 0.270 e. The molecule has 0 unspecified atom stereocenters. The molecule has 0 spiro atoms. The standard InChI is InChI=1S/C23H30F2N4O.CH4O/c1-5-8-20(27-19-11-9-18(10-12-19)23(4,24)25)22(26-13-6-2)29-16-14-28(15-17-29)21(30)7-3;1-2/h6-13,27H,3,5,14-17H2,1-2,4H3;2H,1H3/b13-6-,20-8-,26-22-;. The van der Waals surface area contributed by atoms with Crippen LogP contribution in [-0.2, 0) is 10.7 Å². The predicted molar refractivity (Wildman–Crippen MR) is 127 cm³/mol. The Balaban J connectivity index is 0.00000249. The number of aliphatic imine (C=N–C) groups is 1. The molecule has 8 heteroatoms. The van der Waals surface area contributed by atoms with Crippen LogP contribution in [0, 0.1) is 0 Å². The van der Waals surface area contributed by atoms with Gasteiger partial charge in [0.15, 0.2) is 5.84 Å². The summed E-state index contributed by atoms with van der Waals surface area (Å²) in [7, 11) is 1.00. The highest BCUT2D eigenvalue weighted by atomic mass is 19.3. The first-order valence-electron chi connectivity index (χ1n) is 10.6. The Morgan fingerprint density at radius 2 is 1.75 bits per heavy atom. The van der Waals surface area contributed by atoms with Crippen molar-refractivity contribution in [2.45, 2.75) is 33.1 Å². The first-order valence-corrected chi connectivity index (χ1v) is 10.6. The molecule has 0 atom stereocenters. The fourth-order valence-electron chi connectivity index (χ4n) is 3.14. The lowest BCUT2D eigenvalue weighted by molar-refractivity contribution is -0.127. The van der Waals surface area contributed by atoms with E-state index in [0.717, 1.165) is 32.0 Å². The fourth-order valence-corrected chi connectivity index (χ4v) is 3.14. The maximum absolute atomic E-state index is 13.5. The highest BCUT2D eigenvalue weighted by Gasteiger charge is 2.25. The quantitative estimate of drug-likeness (QED) is 0.369. The van der Waals surface area contributed by atoms with Crippen LogP contribution >= 0.6 is 0 Å². The van der Waals surface area contributed by atoms with Gasteiger partial charge in [0.2, 0.25) is 5.91 Å². The third-order valence-corrected chi connectivity index (χ3v) is 4.73. The van der Waals surface area contributed by atoms with E-state index in [4.69, 9.17) is 5.11 Å². The van der Waals surface area contributed by atoms with Crippen molar-refractivity contribution in [3.05, 3.63) is 66.5 Å². The van der Waals surface area contributed by atoms with E-state index in [0.29, 0.717) is 31.9 Å². The molecule has 0 radical (unpaired) electrons. The molecule has 2 N–H and O–H groups in total. The minimum absolute atomic E-state index is 0.0279. The normalized spacial score (nSPS) is 15.3. The summed E-state index contributed by atoms with van der Waals surface area (Å²) < 4.78 is 27.0. The van der Waals surface area contributed by atoms with Gasteiger partial charge in [0.1, 0.15) is 0 Å². The number of amides is 1. The summed E-state index contributed by atoms with van der Waals surface area (Å²) in [5.41, 5.74) is 1.48. The zero-order valence-electron chi connectivity index (χ0n) is 19.3. The van der Waals surface area contributed by atoms with Gasteiger partial charge in [0.25, 0.3) is 5.92 Å². The summed E-state index contributed by atoms with van der Waals surface area (Å²) in [6.07, 6.45) is 7.70. The van der Waals surface area contributed by atoms with Crippen LogP contribution in [-0.4, -0.2) is 59.9 Å². The Hall–Kier alpha value is -3.00. The Morgan fingerprint density at radius 1 is 1.19 bits per heavy atom. The van der Waals surface area contributed by atoms with Crippen molar-refractivity contribution in [2.24, 2.45) is 4.99 Å². The number of aliphatic hydroxyl groups excluding tert-OH is 1. The summed E-state index contributed by atoms with van der Waals surface area (Å²) in [6, 6.07) is 6.14. The zero-order valence-corrected chi connectivity index (χ0v) is 19.3. The summed E-state index contributed by atoms with van der Waals surface area (Å²) in [5.74, 6) is -2.19. The second-order valence-corrected chi connectivity index (χ2v) is 7.07. The minimum Gasteiger partial charge on any atom is -0.400 e. The van der Waals surface area contributed by atoms with E-state index in [1.54, 1.807) is 23.2 Å². The molecule has 1 aliphatic heterocycles. The number of anilines is 1. The largest absolute Gasteiger partial charge is 0.400 e. The predicted octanol–water partition coefficient (Wildman–Crippen LogP) is 4.37. The van der Waals surface area contributed by atoms with E-state index in [1.807, 2.05) is 26.0 Å². The molecule has 0 aromatic heterocycles. The van der Waals surface area contributed by atoms with Crippen LogP contribution in [0.15, 0.2) is 66.0 Å². The van der Waals surface area contributed by atoms with E-state index >= 15 is 0 Å². The zero-order chi connectivity index (χ0) is 24.1. The van der Waals surface area contributed by atoms with E-state index in [1.165, 1.54) is 18.2 Å². The highest BCUT2D eigenvalue weighted by Crippen LogP contribution is 2.28. The number of nitrogens with one attached hydrogen (secondary N) is 1. The van der Waals surface area contributed by atoms with Crippen molar-refractivity contribution in [1.29, 1.82) is 0 Å². The average Bonchev–Trinajstić information content (AvgIpc) is 2.80. The van der Waals surface area contributed by atoms with E-state index in [9.17, 15) is 13.6 Å². The highest BCUT2D eigenvalue weighted by molar-refractivity contribution is 6.01. The summed E-state index contributed by atoms with van der Waals surface area (Å²) in [6.45, 7) is 10.8. The van der Waals surface area contributed by atoms with Gasteiger partial charge in [-0.2, -0.15) is 0 Å². The Labute approximate surface area is 189 Å². The average molecular weight is 449 g/mol. The van der Waals surface area contributed by atoms with Gasteiger partial charge in [-0.25, -0.2) is 13.8 Å². The minimum atomic E-state index is -2.87. The fraction of sp³-hybridized carbons (Fsp3) is 0.417. The lowest BCUT2D eigenvalue weighted by Crippen LogP contribution is -2.51. The van der Waals surface area contributed by atoms with Gasteiger partial charge in [0, 0.05) is 57.7 Å². The maximum atomic E-state index is 13.5. The lowest BCUT2D eigenvalue weighted by Gasteiger charge is -2.36. The molecule has 0 bridgehead atoms. The molecule has 0 aliphatic carbocycles. The molecule has 1 amide bonds. The first-order chi connectivity index (χ1) is 15.3. The van der Waals surface area contributed by atoms with E-state index in [2.05, 4.69) is 21.8 Å². The van der Waals surface area contributed by atoms with Gasteiger partial charge in [0.05, 0.1) is 5.70 Å². The van der Waals surface area contributed by atoms with E-state index < -0.39 is 5.92 Å². The van der Waals surface area contributed by atoms with Crippen LogP contribution in [0.25, 0.3) is 0 Å². The van der Waals surface area contributed by atoms with Crippen molar-refractivity contribution in [2.75, 3.05) is 38.6 Å². The van der Waals surface area contributed by atoms with Crippen LogP contribution in [0.4, 0.5) is 14.5 Å². The van der Waals surface area contributed by atoms with Crippen LogP contribution in [0.3, 0.4) is 0 Å². The number of amidine groups is 1.